The maximum Gasteiger partial charge on any atom is -0.00380 e. The molecule has 1 aromatic rings. The number of hydrogen-bond acceptors (Lipinski definition) is 0. The standard InChI is InChI=1S/C31H48/c1-4-5-6-7-8-16-24-29-28(26-19-12-9-10-13-20-26)23-17-18-25-30(29)31(2,3)27-21-14-11-15-22-27/h11,14-15,19,21-22,30H,4-10,12-13,16-18,20,23-25H2,1-3H3. The van der Waals surface area contributed by atoms with Crippen LogP contribution in [-0.4, -0.2) is 0 Å². The molecule has 0 saturated carbocycles. The molecular formula is C31H48. The molecule has 1 atom stereocenters. The lowest BCUT2D eigenvalue weighted by molar-refractivity contribution is 0.330. The van der Waals surface area contributed by atoms with Gasteiger partial charge in [-0.1, -0.05) is 108 Å². The number of rotatable bonds is 10. The molecule has 0 saturated heterocycles. The van der Waals surface area contributed by atoms with Crippen LogP contribution in [0.4, 0.5) is 0 Å². The Morgan fingerprint density at radius 1 is 0.806 bits per heavy atom. The third-order valence-corrected chi connectivity index (χ3v) is 8.10. The van der Waals surface area contributed by atoms with Crippen LogP contribution in [0.25, 0.3) is 0 Å². The molecular weight excluding hydrogens is 372 g/mol. The van der Waals surface area contributed by atoms with E-state index < -0.39 is 0 Å². The van der Waals surface area contributed by atoms with Crippen molar-refractivity contribution < 1.29 is 0 Å². The Bertz CT molecular complexity index is 703. The van der Waals surface area contributed by atoms with E-state index in [2.05, 4.69) is 57.2 Å². The second kappa shape index (κ2) is 12.7. The Morgan fingerprint density at radius 3 is 2.35 bits per heavy atom. The summed E-state index contributed by atoms with van der Waals surface area (Å²) in [4.78, 5) is 0. The lowest BCUT2D eigenvalue weighted by Gasteiger charge is -2.38. The van der Waals surface area contributed by atoms with Gasteiger partial charge in [-0.15, -0.1) is 0 Å². The van der Waals surface area contributed by atoms with E-state index in [1.165, 1.54) is 108 Å². The normalized spacial score (nSPS) is 20.9. The van der Waals surface area contributed by atoms with Crippen molar-refractivity contribution in [3.8, 4) is 0 Å². The third-order valence-electron chi connectivity index (χ3n) is 8.10. The highest BCUT2D eigenvalue weighted by Crippen LogP contribution is 2.46. The molecule has 3 rings (SSSR count). The van der Waals surface area contributed by atoms with E-state index in [4.69, 9.17) is 0 Å². The maximum absolute atomic E-state index is 2.64. The Labute approximate surface area is 193 Å². The quantitative estimate of drug-likeness (QED) is 0.330. The molecule has 2 aliphatic carbocycles. The molecule has 1 aromatic carbocycles. The van der Waals surface area contributed by atoms with Crippen molar-refractivity contribution in [1.82, 2.24) is 0 Å². The highest BCUT2D eigenvalue weighted by atomic mass is 14.4. The molecule has 0 fully saturated rings. The van der Waals surface area contributed by atoms with Gasteiger partial charge in [0.15, 0.2) is 0 Å². The number of allylic oxidation sites excluding steroid dienone is 4. The van der Waals surface area contributed by atoms with Gasteiger partial charge in [0.05, 0.1) is 0 Å². The zero-order valence-corrected chi connectivity index (χ0v) is 20.9. The van der Waals surface area contributed by atoms with Crippen LogP contribution >= 0.6 is 0 Å². The summed E-state index contributed by atoms with van der Waals surface area (Å²) < 4.78 is 0. The van der Waals surface area contributed by atoms with Gasteiger partial charge in [0.2, 0.25) is 0 Å². The second-order valence-corrected chi connectivity index (χ2v) is 10.7. The fourth-order valence-corrected chi connectivity index (χ4v) is 6.14. The van der Waals surface area contributed by atoms with E-state index in [9.17, 15) is 0 Å². The van der Waals surface area contributed by atoms with Crippen LogP contribution in [0.5, 0.6) is 0 Å². The fourth-order valence-electron chi connectivity index (χ4n) is 6.14. The van der Waals surface area contributed by atoms with Crippen molar-refractivity contribution in [3.63, 3.8) is 0 Å². The molecule has 1 unspecified atom stereocenters. The summed E-state index contributed by atoms with van der Waals surface area (Å²) in [6, 6.07) is 11.4. The minimum atomic E-state index is 0.208. The van der Waals surface area contributed by atoms with E-state index >= 15 is 0 Å². The van der Waals surface area contributed by atoms with Crippen molar-refractivity contribution in [2.24, 2.45) is 5.92 Å². The highest BCUT2D eigenvalue weighted by Gasteiger charge is 2.36. The lowest BCUT2D eigenvalue weighted by Crippen LogP contribution is -2.30. The van der Waals surface area contributed by atoms with Gasteiger partial charge < -0.3 is 0 Å². The molecule has 0 amide bonds. The first kappa shape index (κ1) is 24.3. The smallest absolute Gasteiger partial charge is 0.00380 e. The summed E-state index contributed by atoms with van der Waals surface area (Å²) in [7, 11) is 0. The molecule has 0 nitrogen and oxygen atoms in total. The van der Waals surface area contributed by atoms with Gasteiger partial charge in [0, 0.05) is 0 Å². The molecule has 0 bridgehead atoms. The molecule has 31 heavy (non-hydrogen) atoms. The summed E-state index contributed by atoms with van der Waals surface area (Å²) >= 11 is 0. The molecule has 0 heteroatoms. The molecule has 0 aliphatic heterocycles. The van der Waals surface area contributed by atoms with E-state index in [-0.39, 0.29) is 5.41 Å². The van der Waals surface area contributed by atoms with Crippen LogP contribution in [0.1, 0.15) is 129 Å². The van der Waals surface area contributed by atoms with Crippen molar-refractivity contribution in [2.75, 3.05) is 0 Å². The van der Waals surface area contributed by atoms with E-state index in [0.29, 0.717) is 5.92 Å². The van der Waals surface area contributed by atoms with Gasteiger partial charge in [-0.25, -0.2) is 0 Å². The SMILES string of the molecule is CCCCCCCCC1=C(C2=CCCCCC2)CCCCC1C(C)(C)c1ccccc1. The van der Waals surface area contributed by atoms with Crippen molar-refractivity contribution in [2.45, 2.75) is 129 Å². The minimum absolute atomic E-state index is 0.208. The summed E-state index contributed by atoms with van der Waals surface area (Å²) in [5, 5.41) is 0. The molecule has 0 aromatic heterocycles. The first-order valence-electron chi connectivity index (χ1n) is 13.6. The number of hydrogen-bond donors (Lipinski definition) is 0. The van der Waals surface area contributed by atoms with Gasteiger partial charge in [0.25, 0.3) is 0 Å². The first-order valence-corrected chi connectivity index (χ1v) is 13.6. The second-order valence-electron chi connectivity index (χ2n) is 10.7. The Balaban J connectivity index is 1.90. The van der Waals surface area contributed by atoms with Crippen molar-refractivity contribution >= 4 is 0 Å². The van der Waals surface area contributed by atoms with Gasteiger partial charge in [-0.2, -0.15) is 0 Å². The van der Waals surface area contributed by atoms with E-state index in [1.807, 2.05) is 11.1 Å². The van der Waals surface area contributed by atoms with E-state index in [0.717, 1.165) is 0 Å². The number of unbranched alkanes of at least 4 members (excludes halogenated alkanes) is 5. The molecule has 2 aliphatic rings. The predicted octanol–water partition coefficient (Wildman–Crippen LogP) is 10.1. The molecule has 0 radical (unpaired) electrons. The average Bonchev–Trinajstić information content (AvgIpc) is 3.18. The first-order chi connectivity index (χ1) is 15.1. The summed E-state index contributed by atoms with van der Waals surface area (Å²) in [5.74, 6) is 0.687. The lowest BCUT2D eigenvalue weighted by atomic mass is 9.66. The van der Waals surface area contributed by atoms with Crippen molar-refractivity contribution in [3.05, 3.63) is 58.7 Å². The van der Waals surface area contributed by atoms with Gasteiger partial charge in [-0.3, -0.25) is 0 Å². The summed E-state index contributed by atoms with van der Waals surface area (Å²) in [6.07, 6.45) is 24.7. The van der Waals surface area contributed by atoms with Crippen LogP contribution in [0, 0.1) is 5.92 Å². The average molecular weight is 421 g/mol. The molecule has 172 valence electrons. The molecule has 0 spiro atoms. The zero-order valence-electron chi connectivity index (χ0n) is 20.9. The zero-order chi connectivity index (χ0) is 21.9. The third kappa shape index (κ3) is 6.84. The van der Waals surface area contributed by atoms with Gasteiger partial charge in [-0.05, 0) is 85.8 Å². The van der Waals surface area contributed by atoms with Crippen LogP contribution in [-0.2, 0) is 5.41 Å². The van der Waals surface area contributed by atoms with E-state index in [1.54, 1.807) is 5.57 Å². The van der Waals surface area contributed by atoms with Crippen LogP contribution < -0.4 is 0 Å². The van der Waals surface area contributed by atoms with Crippen LogP contribution in [0.2, 0.25) is 0 Å². The Morgan fingerprint density at radius 2 is 1.55 bits per heavy atom. The van der Waals surface area contributed by atoms with Crippen molar-refractivity contribution in [1.29, 1.82) is 0 Å². The maximum atomic E-state index is 2.64. The largest absolute Gasteiger partial charge is 0.0810 e. The highest BCUT2D eigenvalue weighted by molar-refractivity contribution is 5.40. The van der Waals surface area contributed by atoms with Crippen LogP contribution in [0.3, 0.4) is 0 Å². The van der Waals surface area contributed by atoms with Gasteiger partial charge >= 0.3 is 0 Å². The topological polar surface area (TPSA) is 0 Å². The van der Waals surface area contributed by atoms with Gasteiger partial charge in [0.1, 0.15) is 0 Å². The molecule has 0 heterocycles. The monoisotopic (exact) mass is 420 g/mol. The summed E-state index contributed by atoms with van der Waals surface area (Å²) in [5.41, 5.74) is 7.14. The number of benzene rings is 1. The fraction of sp³-hybridized carbons (Fsp3) is 0.677. The summed E-state index contributed by atoms with van der Waals surface area (Å²) in [6.45, 7) is 7.37. The van der Waals surface area contributed by atoms with Crippen LogP contribution in [0.15, 0.2) is 53.1 Å². The Kier molecular flexibility index (Phi) is 9.95. The minimum Gasteiger partial charge on any atom is -0.0810 e. The predicted molar refractivity (Wildman–Crippen MR) is 138 cm³/mol. The molecule has 0 N–H and O–H groups in total. The Hall–Kier alpha value is -1.30.